The van der Waals surface area contributed by atoms with E-state index >= 15 is 0 Å². The molecule has 0 spiro atoms. The summed E-state index contributed by atoms with van der Waals surface area (Å²) in [6.07, 6.45) is -0.558. The number of carbonyl (C=O) groups is 1. The van der Waals surface area contributed by atoms with Crippen molar-refractivity contribution in [3.63, 3.8) is 0 Å². The van der Waals surface area contributed by atoms with Crippen LogP contribution < -0.4 is 14.2 Å². The molecule has 0 bridgehead atoms. The van der Waals surface area contributed by atoms with Gasteiger partial charge >= 0.3 is 0 Å². The highest BCUT2D eigenvalue weighted by Gasteiger charge is 2.36. The van der Waals surface area contributed by atoms with Gasteiger partial charge in [0, 0.05) is 11.6 Å². The van der Waals surface area contributed by atoms with E-state index in [9.17, 15) is 9.90 Å². The van der Waals surface area contributed by atoms with Crippen molar-refractivity contribution in [3.8, 4) is 17.2 Å². The van der Waals surface area contributed by atoms with Crippen LogP contribution in [0.5, 0.6) is 17.2 Å². The fraction of sp³-hybridized carbons (Fsp3) is 0.381. The predicted molar refractivity (Wildman–Crippen MR) is 108 cm³/mol. The Kier molecular flexibility index (Phi) is 7.19. The van der Waals surface area contributed by atoms with E-state index < -0.39 is 12.1 Å². The van der Waals surface area contributed by atoms with Gasteiger partial charge in [-0.05, 0) is 35.9 Å². The summed E-state index contributed by atoms with van der Waals surface area (Å²) in [5.41, 5.74) is 0.775. The van der Waals surface area contributed by atoms with Gasteiger partial charge in [-0.15, -0.1) is 0 Å². The number of aliphatic hydroxyl groups excluding tert-OH is 1. The van der Waals surface area contributed by atoms with Crippen molar-refractivity contribution >= 4 is 17.5 Å². The van der Waals surface area contributed by atoms with Crippen LogP contribution in [0.3, 0.4) is 0 Å². The van der Waals surface area contributed by atoms with Crippen LogP contribution in [-0.4, -0.2) is 62.6 Å². The minimum Gasteiger partial charge on any atom is -0.493 e. The summed E-state index contributed by atoms with van der Waals surface area (Å²) in [5, 5.41) is 10.4. The van der Waals surface area contributed by atoms with Crippen molar-refractivity contribution in [1.29, 1.82) is 0 Å². The molecule has 1 heterocycles. The molecule has 0 aromatic heterocycles. The highest BCUT2D eigenvalue weighted by molar-refractivity contribution is 6.30. The summed E-state index contributed by atoms with van der Waals surface area (Å²) in [6, 6.07) is 11.8. The minimum atomic E-state index is -0.558. The standard InChI is InChI=1S/C21H24ClNO6/c1-26-17-7-6-14(10-18(17)27-2)21-19(12-24)28-9-8-23(21)20(25)13-29-16-5-3-4-15(22)11-16/h3-7,10-11,19,21,24H,8-9,12-13H2,1-2H3/t19-,21-/m1/s1. The average Bonchev–Trinajstić information content (AvgIpc) is 2.76. The van der Waals surface area contributed by atoms with E-state index in [0.29, 0.717) is 35.4 Å². The Hall–Kier alpha value is -2.48. The first-order valence-corrected chi connectivity index (χ1v) is 9.57. The van der Waals surface area contributed by atoms with E-state index in [0.717, 1.165) is 5.56 Å². The molecular weight excluding hydrogens is 398 g/mol. The smallest absolute Gasteiger partial charge is 0.261 e. The van der Waals surface area contributed by atoms with Crippen molar-refractivity contribution in [2.75, 3.05) is 40.6 Å². The monoisotopic (exact) mass is 421 g/mol. The second-order valence-corrected chi connectivity index (χ2v) is 6.92. The largest absolute Gasteiger partial charge is 0.493 e. The van der Waals surface area contributed by atoms with Gasteiger partial charge in [-0.25, -0.2) is 0 Å². The molecule has 29 heavy (non-hydrogen) atoms. The van der Waals surface area contributed by atoms with E-state index in [1.165, 1.54) is 0 Å². The number of hydrogen-bond donors (Lipinski definition) is 1. The molecule has 2 aromatic rings. The summed E-state index contributed by atoms with van der Waals surface area (Å²) in [7, 11) is 3.10. The Morgan fingerprint density at radius 2 is 2.00 bits per heavy atom. The summed E-state index contributed by atoms with van der Waals surface area (Å²) >= 11 is 5.96. The number of methoxy groups -OCH3 is 2. The van der Waals surface area contributed by atoms with Crippen molar-refractivity contribution in [1.82, 2.24) is 4.90 Å². The first-order chi connectivity index (χ1) is 14.1. The van der Waals surface area contributed by atoms with Gasteiger partial charge in [-0.3, -0.25) is 4.79 Å². The van der Waals surface area contributed by atoms with Gasteiger partial charge in [0.15, 0.2) is 18.1 Å². The summed E-state index contributed by atoms with van der Waals surface area (Å²) in [4.78, 5) is 14.6. The molecule has 1 fully saturated rings. The van der Waals surface area contributed by atoms with Crippen LogP contribution in [0.1, 0.15) is 11.6 Å². The third-order valence-electron chi connectivity index (χ3n) is 4.76. The number of aliphatic hydroxyl groups is 1. The maximum absolute atomic E-state index is 13.0. The van der Waals surface area contributed by atoms with Crippen molar-refractivity contribution in [2.45, 2.75) is 12.1 Å². The molecule has 1 aliphatic rings. The number of hydrogen-bond acceptors (Lipinski definition) is 6. The molecule has 8 heteroatoms. The molecular formula is C21H24ClNO6. The van der Waals surface area contributed by atoms with E-state index in [1.54, 1.807) is 55.5 Å². The molecule has 3 rings (SSSR count). The van der Waals surface area contributed by atoms with Crippen LogP contribution in [0.4, 0.5) is 0 Å². The maximum atomic E-state index is 13.0. The first kappa shape index (κ1) is 21.2. The molecule has 2 atom stereocenters. The van der Waals surface area contributed by atoms with Crippen LogP contribution in [-0.2, 0) is 9.53 Å². The Morgan fingerprint density at radius 3 is 2.69 bits per heavy atom. The number of rotatable bonds is 7. The normalized spacial score (nSPS) is 19.0. The zero-order valence-electron chi connectivity index (χ0n) is 16.3. The highest BCUT2D eigenvalue weighted by Crippen LogP contribution is 2.35. The maximum Gasteiger partial charge on any atom is 0.261 e. The molecule has 0 unspecified atom stereocenters. The number of carbonyl (C=O) groups excluding carboxylic acids is 1. The fourth-order valence-electron chi connectivity index (χ4n) is 3.38. The average molecular weight is 422 g/mol. The van der Waals surface area contributed by atoms with Crippen LogP contribution in [0.25, 0.3) is 0 Å². The lowest BCUT2D eigenvalue weighted by atomic mass is 9.97. The lowest BCUT2D eigenvalue weighted by molar-refractivity contribution is -0.152. The molecule has 0 aliphatic carbocycles. The predicted octanol–water partition coefficient (Wildman–Crippen LogP) is 2.70. The Morgan fingerprint density at radius 1 is 1.21 bits per heavy atom. The zero-order valence-corrected chi connectivity index (χ0v) is 17.1. The lowest BCUT2D eigenvalue weighted by Crippen LogP contribution is -2.50. The minimum absolute atomic E-state index is 0.151. The third kappa shape index (κ3) is 4.93. The SMILES string of the molecule is COc1ccc([C@@H]2[C@@H](CO)OCCN2C(=O)COc2cccc(Cl)c2)cc1OC. The molecule has 2 aromatic carbocycles. The molecule has 156 valence electrons. The number of nitrogens with zero attached hydrogens (tertiary/aromatic N) is 1. The number of benzene rings is 2. The number of halogens is 1. The van der Waals surface area contributed by atoms with Gasteiger partial charge in [0.1, 0.15) is 11.9 Å². The van der Waals surface area contributed by atoms with Crippen LogP contribution in [0.15, 0.2) is 42.5 Å². The molecule has 1 N–H and O–H groups in total. The third-order valence-corrected chi connectivity index (χ3v) is 4.99. The Bertz CT molecular complexity index is 846. The van der Waals surface area contributed by atoms with E-state index in [1.807, 2.05) is 6.07 Å². The lowest BCUT2D eigenvalue weighted by Gasteiger charge is -2.41. The van der Waals surface area contributed by atoms with Crippen LogP contribution in [0, 0.1) is 0 Å². The summed E-state index contributed by atoms with van der Waals surface area (Å²) in [6.45, 7) is 0.339. The van der Waals surface area contributed by atoms with Gasteiger partial charge in [0.05, 0.1) is 33.5 Å². The number of amides is 1. The topological polar surface area (TPSA) is 77.5 Å². The first-order valence-electron chi connectivity index (χ1n) is 9.19. The van der Waals surface area contributed by atoms with Crippen molar-refractivity contribution in [3.05, 3.63) is 53.1 Å². The van der Waals surface area contributed by atoms with Crippen LogP contribution >= 0.6 is 11.6 Å². The molecule has 0 saturated carbocycles. The van der Waals surface area contributed by atoms with Gasteiger partial charge in [0.2, 0.25) is 0 Å². The second-order valence-electron chi connectivity index (χ2n) is 6.48. The van der Waals surface area contributed by atoms with Gasteiger partial charge in [-0.1, -0.05) is 23.7 Å². The van der Waals surface area contributed by atoms with E-state index in [-0.39, 0.29) is 19.1 Å². The van der Waals surface area contributed by atoms with Crippen LogP contribution in [0.2, 0.25) is 5.02 Å². The fourth-order valence-corrected chi connectivity index (χ4v) is 3.56. The van der Waals surface area contributed by atoms with Gasteiger partial charge < -0.3 is 29.0 Å². The second kappa shape index (κ2) is 9.82. The van der Waals surface area contributed by atoms with E-state index in [2.05, 4.69) is 0 Å². The summed E-state index contributed by atoms with van der Waals surface area (Å²) in [5.74, 6) is 1.41. The van der Waals surface area contributed by atoms with Crippen molar-refractivity contribution in [2.24, 2.45) is 0 Å². The van der Waals surface area contributed by atoms with Gasteiger partial charge in [0.25, 0.3) is 5.91 Å². The van der Waals surface area contributed by atoms with Crippen molar-refractivity contribution < 1.29 is 28.8 Å². The molecule has 1 amide bonds. The Labute approximate surface area is 174 Å². The molecule has 1 saturated heterocycles. The molecule has 1 aliphatic heterocycles. The zero-order chi connectivity index (χ0) is 20.8. The molecule has 0 radical (unpaired) electrons. The van der Waals surface area contributed by atoms with E-state index in [4.69, 9.17) is 30.5 Å². The summed E-state index contributed by atoms with van der Waals surface area (Å²) < 4.78 is 22.0. The Balaban J connectivity index is 1.82. The highest BCUT2D eigenvalue weighted by atomic mass is 35.5. The molecule has 7 nitrogen and oxygen atoms in total. The number of ether oxygens (including phenoxy) is 4. The van der Waals surface area contributed by atoms with Gasteiger partial charge in [-0.2, -0.15) is 0 Å². The number of morpholine rings is 1. The quantitative estimate of drug-likeness (QED) is 0.740.